The Bertz CT molecular complexity index is 1220. The van der Waals surface area contributed by atoms with E-state index in [9.17, 15) is 22.8 Å². The molecule has 2 amide bonds. The Morgan fingerprint density at radius 2 is 1.79 bits per heavy atom. The summed E-state index contributed by atoms with van der Waals surface area (Å²) in [6, 6.07) is 4.11. The Hall–Kier alpha value is -3.37. The van der Waals surface area contributed by atoms with Crippen molar-refractivity contribution in [2.45, 2.75) is 50.2 Å². The third-order valence-corrected chi connectivity index (χ3v) is 6.42. The monoisotopic (exact) mass is 460 g/mol. The first-order chi connectivity index (χ1) is 15.8. The lowest BCUT2D eigenvalue weighted by Gasteiger charge is -2.38. The van der Waals surface area contributed by atoms with E-state index < -0.39 is 17.8 Å². The molecule has 8 nitrogen and oxygen atoms in total. The lowest BCUT2D eigenvalue weighted by molar-refractivity contribution is -0.137. The van der Waals surface area contributed by atoms with Crippen LogP contribution in [-0.4, -0.2) is 43.8 Å². The number of carbonyl (C=O) groups is 1. The van der Waals surface area contributed by atoms with Gasteiger partial charge < -0.3 is 15.2 Å². The second kappa shape index (κ2) is 8.20. The molecule has 1 aromatic carbocycles. The Balaban J connectivity index is 1.26. The number of fused-ring (bicyclic) bond motifs is 1. The first-order valence-electron chi connectivity index (χ1n) is 11.0. The van der Waals surface area contributed by atoms with Crippen molar-refractivity contribution in [2.75, 3.05) is 18.4 Å². The molecule has 5 rings (SSSR count). The van der Waals surface area contributed by atoms with Crippen LogP contribution in [-0.2, 0) is 6.18 Å². The summed E-state index contributed by atoms with van der Waals surface area (Å²) in [5, 5.41) is 7.48. The zero-order valence-electron chi connectivity index (χ0n) is 17.7. The fourth-order valence-corrected chi connectivity index (χ4v) is 4.50. The molecule has 2 aromatic heterocycles. The number of likely N-dealkylation sites (tertiary alicyclic amines) is 1. The van der Waals surface area contributed by atoms with Crippen molar-refractivity contribution in [3.05, 3.63) is 52.2 Å². The van der Waals surface area contributed by atoms with Crippen LogP contribution in [0.2, 0.25) is 0 Å². The number of carbonyl (C=O) groups excluding carboxylic acids is 1. The number of halogens is 3. The Kier molecular flexibility index (Phi) is 5.34. The maximum absolute atomic E-state index is 12.7. The summed E-state index contributed by atoms with van der Waals surface area (Å²) in [5.41, 5.74) is -0.166. The molecule has 33 heavy (non-hydrogen) atoms. The summed E-state index contributed by atoms with van der Waals surface area (Å²) < 4.78 is 39.9. The van der Waals surface area contributed by atoms with Gasteiger partial charge in [-0.1, -0.05) is 19.3 Å². The minimum atomic E-state index is -4.43. The Morgan fingerprint density at radius 3 is 2.45 bits per heavy atom. The second-order valence-electron chi connectivity index (χ2n) is 8.68. The van der Waals surface area contributed by atoms with Gasteiger partial charge in [-0.15, -0.1) is 0 Å². The predicted octanol–water partition coefficient (Wildman–Crippen LogP) is 4.27. The number of hydrogen-bond donors (Lipinski definition) is 2. The van der Waals surface area contributed by atoms with Crippen molar-refractivity contribution >= 4 is 22.8 Å². The van der Waals surface area contributed by atoms with E-state index in [-0.39, 0.29) is 23.2 Å². The van der Waals surface area contributed by atoms with Crippen LogP contribution < -0.4 is 10.9 Å². The van der Waals surface area contributed by atoms with Crippen LogP contribution >= 0.6 is 0 Å². The first kappa shape index (κ1) is 21.5. The van der Waals surface area contributed by atoms with Crippen LogP contribution in [0.15, 0.2) is 35.3 Å². The molecule has 3 aromatic rings. The van der Waals surface area contributed by atoms with E-state index in [1.54, 1.807) is 6.20 Å². The number of nitrogens with one attached hydrogen (secondary N) is 2. The van der Waals surface area contributed by atoms with Crippen molar-refractivity contribution in [2.24, 2.45) is 0 Å². The van der Waals surface area contributed by atoms with E-state index >= 15 is 0 Å². The highest BCUT2D eigenvalue weighted by Gasteiger charge is 2.35. The van der Waals surface area contributed by atoms with Crippen LogP contribution in [0.1, 0.15) is 55.5 Å². The molecule has 0 spiro atoms. The number of nitrogens with zero attached hydrogens (tertiary/aromatic N) is 4. The summed E-state index contributed by atoms with van der Waals surface area (Å²) in [4.78, 5) is 34.0. The number of hydrogen-bond acceptors (Lipinski definition) is 4. The Labute approximate surface area is 186 Å². The van der Waals surface area contributed by atoms with Crippen LogP contribution in [0, 0.1) is 0 Å². The normalized spacial score (nSPS) is 17.8. The van der Waals surface area contributed by atoms with E-state index in [1.807, 2.05) is 4.68 Å². The predicted molar refractivity (Wildman–Crippen MR) is 115 cm³/mol. The Morgan fingerprint density at radius 1 is 1.09 bits per heavy atom. The highest BCUT2D eigenvalue weighted by atomic mass is 19.4. The van der Waals surface area contributed by atoms with E-state index in [4.69, 9.17) is 0 Å². The molecule has 1 saturated heterocycles. The summed E-state index contributed by atoms with van der Waals surface area (Å²) >= 11 is 0. The highest BCUT2D eigenvalue weighted by molar-refractivity contribution is 5.90. The number of alkyl halides is 3. The van der Waals surface area contributed by atoms with Gasteiger partial charge in [0.1, 0.15) is 11.2 Å². The van der Waals surface area contributed by atoms with Gasteiger partial charge in [0.15, 0.2) is 5.65 Å². The van der Waals surface area contributed by atoms with E-state index in [0.29, 0.717) is 29.9 Å². The van der Waals surface area contributed by atoms with Gasteiger partial charge in [0.25, 0.3) is 5.56 Å². The van der Waals surface area contributed by atoms with Crippen LogP contribution in [0.25, 0.3) is 11.0 Å². The number of urea groups is 1. The molecule has 0 atom stereocenters. The fraction of sp³-hybridized carbons (Fsp3) is 0.455. The number of aromatic nitrogens is 4. The van der Waals surface area contributed by atoms with Gasteiger partial charge in [-0.25, -0.2) is 14.5 Å². The molecule has 0 bridgehead atoms. The number of anilines is 1. The smallest absolute Gasteiger partial charge is 0.323 e. The maximum atomic E-state index is 12.7. The molecular weight excluding hydrogens is 437 g/mol. The van der Waals surface area contributed by atoms with E-state index in [1.165, 1.54) is 23.5 Å². The molecular formula is C22H23F3N6O2. The topological polar surface area (TPSA) is 95.9 Å². The van der Waals surface area contributed by atoms with Gasteiger partial charge in [0.2, 0.25) is 0 Å². The van der Waals surface area contributed by atoms with E-state index in [0.717, 1.165) is 37.8 Å². The lowest BCUT2D eigenvalue weighted by atomic mass is 9.96. The maximum Gasteiger partial charge on any atom is 0.416 e. The molecule has 1 aliphatic carbocycles. The van der Waals surface area contributed by atoms with Gasteiger partial charge in [-0.3, -0.25) is 4.79 Å². The van der Waals surface area contributed by atoms with Gasteiger partial charge in [-0.05, 0) is 37.1 Å². The van der Waals surface area contributed by atoms with Gasteiger partial charge in [-0.2, -0.15) is 18.3 Å². The van der Waals surface area contributed by atoms with Gasteiger partial charge in [0, 0.05) is 18.8 Å². The molecule has 0 unspecified atom stereocenters. The average Bonchev–Trinajstić information content (AvgIpc) is 3.18. The van der Waals surface area contributed by atoms with E-state index in [2.05, 4.69) is 20.4 Å². The quantitative estimate of drug-likeness (QED) is 0.610. The van der Waals surface area contributed by atoms with Crippen LogP contribution in [0.4, 0.5) is 23.7 Å². The van der Waals surface area contributed by atoms with Crippen LogP contribution in [0.3, 0.4) is 0 Å². The summed E-state index contributed by atoms with van der Waals surface area (Å²) in [7, 11) is 0. The molecule has 3 heterocycles. The zero-order valence-corrected chi connectivity index (χ0v) is 17.7. The first-order valence-corrected chi connectivity index (χ1v) is 11.0. The molecule has 11 heteroatoms. The fourth-order valence-electron chi connectivity index (χ4n) is 4.50. The zero-order chi connectivity index (χ0) is 23.2. The summed E-state index contributed by atoms with van der Waals surface area (Å²) in [6.45, 7) is 0.691. The third-order valence-electron chi connectivity index (χ3n) is 6.42. The SMILES string of the molecule is O=C(Nc1ccc(C(F)(F)F)cc1)N1CC(c2nc3c(cnn3C3CCCCC3)c(=O)[nH]2)C1. The second-order valence-corrected chi connectivity index (χ2v) is 8.68. The standard InChI is InChI=1S/C22H23F3N6O2/c23-22(24,25)14-6-8-15(9-7-14)27-21(33)30-11-13(12-30)18-28-19-17(20(32)29-18)10-26-31(19)16-4-2-1-3-5-16/h6-10,13,16H,1-5,11-12H2,(H,27,33)(H,28,29,32). The number of rotatable bonds is 3. The number of H-pyrrole nitrogens is 1. The largest absolute Gasteiger partial charge is 0.416 e. The molecule has 2 N–H and O–H groups in total. The minimum absolute atomic E-state index is 0.129. The summed E-state index contributed by atoms with van der Waals surface area (Å²) in [6.07, 6.45) is 2.64. The molecule has 2 aliphatic rings. The average molecular weight is 460 g/mol. The van der Waals surface area contributed by atoms with Crippen molar-refractivity contribution in [1.29, 1.82) is 0 Å². The molecule has 2 fully saturated rings. The number of benzene rings is 1. The highest BCUT2D eigenvalue weighted by Crippen LogP contribution is 2.32. The number of aromatic amines is 1. The van der Waals surface area contributed by atoms with Crippen molar-refractivity contribution in [1.82, 2.24) is 24.6 Å². The summed E-state index contributed by atoms with van der Waals surface area (Å²) in [5.74, 6) is 0.388. The molecule has 0 radical (unpaired) electrons. The molecule has 174 valence electrons. The molecule has 1 aliphatic heterocycles. The minimum Gasteiger partial charge on any atom is -0.323 e. The van der Waals surface area contributed by atoms with Gasteiger partial charge in [0.05, 0.1) is 23.7 Å². The van der Waals surface area contributed by atoms with Gasteiger partial charge >= 0.3 is 12.2 Å². The van der Waals surface area contributed by atoms with Crippen molar-refractivity contribution < 1.29 is 18.0 Å². The van der Waals surface area contributed by atoms with Crippen LogP contribution in [0.5, 0.6) is 0 Å². The van der Waals surface area contributed by atoms with Crippen molar-refractivity contribution in [3.63, 3.8) is 0 Å². The number of amides is 2. The lowest BCUT2D eigenvalue weighted by Crippen LogP contribution is -2.51. The molecule has 1 saturated carbocycles. The van der Waals surface area contributed by atoms with Crippen molar-refractivity contribution in [3.8, 4) is 0 Å². The third kappa shape index (κ3) is 4.19.